The van der Waals surface area contributed by atoms with Crippen LogP contribution in [0.5, 0.6) is 0 Å². The molecule has 0 bridgehead atoms. The third-order valence-corrected chi connectivity index (χ3v) is 8.03. The monoisotopic (exact) mass is 552 g/mol. The van der Waals surface area contributed by atoms with E-state index in [1.165, 1.54) is 54.6 Å². The second-order valence-electron chi connectivity index (χ2n) is 7.98. The Morgan fingerprint density at radius 3 is 2.03 bits per heavy atom. The van der Waals surface area contributed by atoms with E-state index in [4.69, 9.17) is 0 Å². The minimum Gasteiger partial charge on any atom is -0.352 e. The van der Waals surface area contributed by atoms with Crippen LogP contribution in [0.25, 0.3) is 0 Å². The van der Waals surface area contributed by atoms with Gasteiger partial charge in [0.1, 0.15) is 0 Å². The lowest BCUT2D eigenvalue weighted by Gasteiger charge is -2.10. The predicted octanol–water partition coefficient (Wildman–Crippen LogP) is 3.96. The number of alkyl halides is 3. The van der Waals surface area contributed by atoms with E-state index in [-0.39, 0.29) is 35.2 Å². The molecule has 0 saturated carbocycles. The van der Waals surface area contributed by atoms with Gasteiger partial charge < -0.3 is 5.32 Å². The van der Waals surface area contributed by atoms with E-state index in [1.807, 2.05) is 0 Å². The number of halogens is 3. The van der Waals surface area contributed by atoms with Gasteiger partial charge in [-0.05, 0) is 53.1 Å². The molecule has 0 aliphatic carbocycles. The maximum Gasteiger partial charge on any atom is 0.416 e. The SMILES string of the molecule is C=CS(=O)(=O)NCc1cccc(S(=O)(=O)c2ccc(CC(=O)NCc3ccc(C(F)(F)F)cc3)cc2)c1. The average molecular weight is 553 g/mol. The highest BCUT2D eigenvalue weighted by atomic mass is 32.2. The van der Waals surface area contributed by atoms with Crippen molar-refractivity contribution in [3.63, 3.8) is 0 Å². The molecule has 0 atom stereocenters. The molecule has 37 heavy (non-hydrogen) atoms. The molecular weight excluding hydrogens is 529 g/mol. The van der Waals surface area contributed by atoms with Crippen LogP contribution >= 0.6 is 0 Å². The summed E-state index contributed by atoms with van der Waals surface area (Å²) in [5.74, 6) is -0.384. The summed E-state index contributed by atoms with van der Waals surface area (Å²) in [7, 11) is -7.57. The molecule has 0 saturated heterocycles. The van der Waals surface area contributed by atoms with Crippen molar-refractivity contribution in [2.45, 2.75) is 35.5 Å². The van der Waals surface area contributed by atoms with Gasteiger partial charge in [0.05, 0.1) is 21.8 Å². The fraction of sp³-hybridized carbons (Fsp3) is 0.160. The largest absolute Gasteiger partial charge is 0.416 e. The van der Waals surface area contributed by atoms with Gasteiger partial charge in [0.25, 0.3) is 0 Å². The van der Waals surface area contributed by atoms with Crippen LogP contribution in [-0.4, -0.2) is 22.7 Å². The zero-order valence-electron chi connectivity index (χ0n) is 19.3. The zero-order chi connectivity index (χ0) is 27.3. The second kappa shape index (κ2) is 11.3. The lowest BCUT2D eigenvalue weighted by Crippen LogP contribution is -2.24. The first-order chi connectivity index (χ1) is 17.3. The molecule has 0 aliphatic rings. The topological polar surface area (TPSA) is 109 Å². The van der Waals surface area contributed by atoms with Crippen molar-refractivity contribution in [2.75, 3.05) is 0 Å². The first kappa shape index (κ1) is 28.1. The fourth-order valence-electron chi connectivity index (χ4n) is 3.25. The number of hydrogen-bond acceptors (Lipinski definition) is 5. The first-order valence-electron chi connectivity index (χ1n) is 10.8. The molecular formula is C25H23F3N2O5S2. The standard InChI is InChI=1S/C25H23F3N2O5S2/c1-2-36(32,33)30-17-20-4-3-5-23(14-20)37(34,35)22-12-8-18(9-13-22)15-24(31)29-16-19-6-10-21(11-7-19)25(26,27)28/h2-14,30H,1,15-17H2,(H,29,31). The molecule has 196 valence electrons. The molecule has 3 aromatic rings. The number of sulfone groups is 1. The molecule has 0 spiro atoms. The lowest BCUT2D eigenvalue weighted by molar-refractivity contribution is -0.137. The van der Waals surface area contributed by atoms with Crippen LogP contribution in [0.4, 0.5) is 13.2 Å². The predicted molar refractivity (Wildman–Crippen MR) is 131 cm³/mol. The third kappa shape index (κ3) is 7.75. The smallest absolute Gasteiger partial charge is 0.352 e. The van der Waals surface area contributed by atoms with Crippen LogP contribution < -0.4 is 10.0 Å². The molecule has 0 aromatic heterocycles. The van der Waals surface area contributed by atoms with Crippen molar-refractivity contribution < 1.29 is 34.8 Å². The van der Waals surface area contributed by atoms with Crippen molar-refractivity contribution in [3.8, 4) is 0 Å². The normalized spacial score (nSPS) is 12.2. The van der Waals surface area contributed by atoms with Gasteiger partial charge in [-0.15, -0.1) is 0 Å². The van der Waals surface area contributed by atoms with E-state index >= 15 is 0 Å². The Morgan fingerprint density at radius 2 is 1.43 bits per heavy atom. The van der Waals surface area contributed by atoms with Gasteiger partial charge in [0.15, 0.2) is 0 Å². The fourth-order valence-corrected chi connectivity index (χ4v) is 5.06. The summed E-state index contributed by atoms with van der Waals surface area (Å²) >= 11 is 0. The van der Waals surface area contributed by atoms with Crippen LogP contribution in [0, 0.1) is 0 Å². The Bertz CT molecular complexity index is 1480. The van der Waals surface area contributed by atoms with E-state index in [9.17, 15) is 34.8 Å². The number of sulfonamides is 1. The third-order valence-electron chi connectivity index (χ3n) is 5.27. The van der Waals surface area contributed by atoms with Gasteiger partial charge in [-0.3, -0.25) is 4.79 Å². The number of nitrogens with one attached hydrogen (secondary N) is 2. The summed E-state index contributed by atoms with van der Waals surface area (Å²) in [5.41, 5.74) is 0.702. The summed E-state index contributed by atoms with van der Waals surface area (Å²) < 4.78 is 89.3. The minimum absolute atomic E-state index is 0.00904. The molecule has 3 rings (SSSR count). The average Bonchev–Trinajstić information content (AvgIpc) is 2.86. The van der Waals surface area contributed by atoms with Gasteiger partial charge in [0, 0.05) is 18.5 Å². The van der Waals surface area contributed by atoms with Crippen molar-refractivity contribution in [2.24, 2.45) is 0 Å². The Morgan fingerprint density at radius 1 is 0.811 bits per heavy atom. The zero-order valence-corrected chi connectivity index (χ0v) is 21.0. The summed E-state index contributed by atoms with van der Waals surface area (Å²) in [4.78, 5) is 12.2. The second-order valence-corrected chi connectivity index (χ2v) is 11.6. The Labute approximate surface area is 213 Å². The molecule has 7 nitrogen and oxygen atoms in total. The molecule has 1 amide bonds. The molecule has 0 fully saturated rings. The van der Waals surface area contributed by atoms with E-state index in [1.54, 1.807) is 6.07 Å². The van der Waals surface area contributed by atoms with Crippen LogP contribution in [-0.2, 0) is 50.3 Å². The first-order valence-corrected chi connectivity index (χ1v) is 13.8. The maximum absolute atomic E-state index is 13.0. The minimum atomic E-state index is -4.43. The molecule has 0 unspecified atom stereocenters. The van der Waals surface area contributed by atoms with E-state index in [0.29, 0.717) is 16.7 Å². The van der Waals surface area contributed by atoms with Crippen LogP contribution in [0.3, 0.4) is 0 Å². The van der Waals surface area contributed by atoms with E-state index in [2.05, 4.69) is 16.6 Å². The number of carbonyl (C=O) groups is 1. The number of benzene rings is 3. The number of rotatable bonds is 10. The van der Waals surface area contributed by atoms with Gasteiger partial charge in [-0.2, -0.15) is 13.2 Å². The Kier molecular flexibility index (Phi) is 8.57. The number of carbonyl (C=O) groups excluding carboxylic acids is 1. The number of hydrogen-bond donors (Lipinski definition) is 2. The highest BCUT2D eigenvalue weighted by Crippen LogP contribution is 2.29. The highest BCUT2D eigenvalue weighted by molar-refractivity contribution is 7.92. The molecule has 0 radical (unpaired) electrons. The summed E-state index contributed by atoms with van der Waals surface area (Å²) in [6.07, 6.45) is -4.49. The van der Waals surface area contributed by atoms with Gasteiger partial charge in [0.2, 0.25) is 25.8 Å². The lowest BCUT2D eigenvalue weighted by atomic mass is 10.1. The highest BCUT2D eigenvalue weighted by Gasteiger charge is 2.29. The van der Waals surface area contributed by atoms with Crippen molar-refractivity contribution >= 4 is 25.8 Å². The molecule has 0 heterocycles. The quantitative estimate of drug-likeness (QED) is 0.396. The van der Waals surface area contributed by atoms with Crippen molar-refractivity contribution in [1.29, 1.82) is 0 Å². The molecule has 12 heteroatoms. The van der Waals surface area contributed by atoms with Gasteiger partial charge in [-0.1, -0.05) is 43.0 Å². The van der Waals surface area contributed by atoms with Crippen molar-refractivity contribution in [3.05, 3.63) is 107 Å². The number of amides is 1. The van der Waals surface area contributed by atoms with Crippen molar-refractivity contribution in [1.82, 2.24) is 10.0 Å². The van der Waals surface area contributed by atoms with Crippen LogP contribution in [0.15, 0.2) is 94.6 Å². The van der Waals surface area contributed by atoms with Gasteiger partial charge >= 0.3 is 6.18 Å². The maximum atomic E-state index is 13.0. The Hall–Kier alpha value is -3.48. The van der Waals surface area contributed by atoms with Gasteiger partial charge in [-0.25, -0.2) is 21.6 Å². The summed E-state index contributed by atoms with van der Waals surface area (Å²) in [6.45, 7) is 3.13. The van der Waals surface area contributed by atoms with E-state index < -0.39 is 31.6 Å². The summed E-state index contributed by atoms with van der Waals surface area (Å²) in [5, 5.41) is 3.37. The molecule has 0 aliphatic heterocycles. The Balaban J connectivity index is 1.62. The molecule has 3 aromatic carbocycles. The van der Waals surface area contributed by atoms with Crippen LogP contribution in [0.2, 0.25) is 0 Å². The molecule has 2 N–H and O–H groups in total. The van der Waals surface area contributed by atoms with E-state index in [0.717, 1.165) is 17.5 Å². The van der Waals surface area contributed by atoms with Crippen LogP contribution in [0.1, 0.15) is 22.3 Å². The summed E-state index contributed by atoms with van der Waals surface area (Å²) in [6, 6.07) is 16.0.